The molecule has 23 heavy (non-hydrogen) atoms. The summed E-state index contributed by atoms with van der Waals surface area (Å²) in [5.41, 5.74) is 0.514. The van der Waals surface area contributed by atoms with Crippen molar-refractivity contribution < 1.29 is 14.0 Å². The Balaban J connectivity index is 1.62. The van der Waals surface area contributed by atoms with Crippen molar-refractivity contribution in [2.75, 3.05) is 18.4 Å². The van der Waals surface area contributed by atoms with Crippen molar-refractivity contribution >= 4 is 33.6 Å². The zero-order valence-corrected chi connectivity index (χ0v) is 14.0. The van der Waals surface area contributed by atoms with E-state index in [9.17, 15) is 9.59 Å². The summed E-state index contributed by atoms with van der Waals surface area (Å²) in [4.78, 5) is 30.6. The molecule has 3 rings (SSSR count). The van der Waals surface area contributed by atoms with Gasteiger partial charge in [0.15, 0.2) is 0 Å². The first-order chi connectivity index (χ1) is 11.1. The smallest absolute Gasteiger partial charge is 0.257 e. The van der Waals surface area contributed by atoms with Crippen molar-refractivity contribution in [1.82, 2.24) is 9.88 Å². The van der Waals surface area contributed by atoms with Gasteiger partial charge in [-0.25, -0.2) is 4.98 Å². The van der Waals surface area contributed by atoms with Crippen LogP contribution in [0.4, 0.5) is 5.82 Å². The van der Waals surface area contributed by atoms with Crippen LogP contribution in [-0.2, 0) is 4.79 Å². The van der Waals surface area contributed by atoms with Crippen LogP contribution in [0.3, 0.4) is 0 Å². The number of likely N-dealkylation sites (tertiary alicyclic amines) is 1. The Hall–Kier alpha value is -2.15. The van der Waals surface area contributed by atoms with Crippen LogP contribution in [0.5, 0.6) is 0 Å². The predicted octanol–water partition coefficient (Wildman–Crippen LogP) is 2.93. The number of nitrogens with zero attached hydrogens (tertiary/aromatic N) is 2. The van der Waals surface area contributed by atoms with Gasteiger partial charge >= 0.3 is 0 Å². The molecule has 0 aliphatic carbocycles. The fourth-order valence-electron chi connectivity index (χ4n) is 2.62. The number of furan rings is 1. The van der Waals surface area contributed by atoms with E-state index in [4.69, 9.17) is 4.42 Å². The topological polar surface area (TPSA) is 75.4 Å². The van der Waals surface area contributed by atoms with E-state index in [0.29, 0.717) is 24.5 Å². The molecule has 7 heteroatoms. The summed E-state index contributed by atoms with van der Waals surface area (Å²) in [5.74, 6) is 0.0732. The molecule has 0 saturated carbocycles. The first kappa shape index (κ1) is 15.7. The Labute approximate surface area is 142 Å². The second kappa shape index (κ2) is 6.95. The summed E-state index contributed by atoms with van der Waals surface area (Å²) < 4.78 is 5.80. The number of hydrogen-bond acceptors (Lipinski definition) is 4. The number of halogens is 1. The van der Waals surface area contributed by atoms with Crippen molar-refractivity contribution in [2.45, 2.75) is 12.8 Å². The molecule has 2 aromatic heterocycles. The summed E-state index contributed by atoms with van der Waals surface area (Å²) >= 11 is 3.30. The molecule has 3 heterocycles. The van der Waals surface area contributed by atoms with Crippen LogP contribution in [0.2, 0.25) is 0 Å². The highest BCUT2D eigenvalue weighted by molar-refractivity contribution is 9.10. The molecular formula is C16H16BrN3O3. The van der Waals surface area contributed by atoms with E-state index in [1.807, 2.05) is 6.07 Å². The minimum absolute atomic E-state index is 0.0991. The summed E-state index contributed by atoms with van der Waals surface area (Å²) in [7, 11) is 0. The van der Waals surface area contributed by atoms with Gasteiger partial charge in [-0.15, -0.1) is 0 Å². The highest BCUT2D eigenvalue weighted by Gasteiger charge is 2.29. The monoisotopic (exact) mass is 377 g/mol. The quantitative estimate of drug-likeness (QED) is 0.891. The number of carbonyl (C=O) groups is 2. The Morgan fingerprint density at radius 1 is 1.35 bits per heavy atom. The zero-order valence-electron chi connectivity index (χ0n) is 12.4. The fraction of sp³-hybridized carbons (Fsp3) is 0.312. The molecule has 1 atom stereocenters. The maximum absolute atomic E-state index is 12.4. The van der Waals surface area contributed by atoms with Gasteiger partial charge < -0.3 is 14.6 Å². The number of amides is 2. The van der Waals surface area contributed by atoms with E-state index >= 15 is 0 Å². The highest BCUT2D eigenvalue weighted by Crippen LogP contribution is 2.20. The van der Waals surface area contributed by atoms with Crippen LogP contribution in [0.25, 0.3) is 0 Å². The Morgan fingerprint density at radius 3 is 2.91 bits per heavy atom. The van der Waals surface area contributed by atoms with Crippen LogP contribution in [0.15, 0.2) is 45.8 Å². The average Bonchev–Trinajstić information content (AvgIpc) is 3.11. The SMILES string of the molecule is O=C(Nc1ccc(Br)cn1)C1CCCN(C(=O)c2ccoc2)C1. The lowest BCUT2D eigenvalue weighted by Gasteiger charge is -2.31. The third-order valence-corrected chi connectivity index (χ3v) is 4.30. The third kappa shape index (κ3) is 3.79. The van der Waals surface area contributed by atoms with Crippen LogP contribution in [0, 0.1) is 5.92 Å². The van der Waals surface area contributed by atoms with E-state index in [-0.39, 0.29) is 17.7 Å². The van der Waals surface area contributed by atoms with Crippen molar-refractivity contribution in [3.8, 4) is 0 Å². The first-order valence-electron chi connectivity index (χ1n) is 7.37. The van der Waals surface area contributed by atoms with Gasteiger partial charge in [-0.1, -0.05) is 0 Å². The van der Waals surface area contributed by atoms with Gasteiger partial charge in [0.2, 0.25) is 5.91 Å². The summed E-state index contributed by atoms with van der Waals surface area (Å²) in [6.45, 7) is 1.07. The van der Waals surface area contributed by atoms with Gasteiger partial charge in [-0.3, -0.25) is 9.59 Å². The number of hydrogen-bond donors (Lipinski definition) is 1. The van der Waals surface area contributed by atoms with Gasteiger partial charge in [-0.05, 0) is 47.0 Å². The molecule has 1 fully saturated rings. The lowest BCUT2D eigenvalue weighted by Crippen LogP contribution is -2.43. The lowest BCUT2D eigenvalue weighted by atomic mass is 9.96. The minimum atomic E-state index is -0.231. The Bertz CT molecular complexity index is 685. The van der Waals surface area contributed by atoms with Crippen LogP contribution >= 0.6 is 15.9 Å². The number of aromatic nitrogens is 1. The number of piperidine rings is 1. The molecule has 0 bridgehead atoms. The van der Waals surface area contributed by atoms with Gasteiger partial charge in [0.05, 0.1) is 17.7 Å². The normalized spacial score (nSPS) is 17.8. The largest absolute Gasteiger partial charge is 0.472 e. The van der Waals surface area contributed by atoms with E-state index in [1.165, 1.54) is 12.5 Å². The zero-order chi connectivity index (χ0) is 16.2. The van der Waals surface area contributed by atoms with E-state index in [0.717, 1.165) is 17.3 Å². The molecule has 2 aromatic rings. The Kier molecular flexibility index (Phi) is 4.76. The van der Waals surface area contributed by atoms with Crippen LogP contribution in [-0.4, -0.2) is 34.8 Å². The molecule has 1 unspecified atom stereocenters. The number of carbonyl (C=O) groups excluding carboxylic acids is 2. The predicted molar refractivity (Wildman–Crippen MR) is 87.9 cm³/mol. The van der Waals surface area contributed by atoms with E-state index < -0.39 is 0 Å². The second-order valence-corrected chi connectivity index (χ2v) is 6.37. The van der Waals surface area contributed by atoms with Gasteiger partial charge in [0, 0.05) is 23.8 Å². The minimum Gasteiger partial charge on any atom is -0.472 e. The molecule has 1 aliphatic rings. The summed E-state index contributed by atoms with van der Waals surface area (Å²) in [5, 5.41) is 2.81. The maximum atomic E-state index is 12.4. The molecule has 0 radical (unpaired) electrons. The number of pyridine rings is 1. The number of nitrogens with one attached hydrogen (secondary N) is 1. The van der Waals surface area contributed by atoms with E-state index in [1.54, 1.807) is 23.2 Å². The van der Waals surface area contributed by atoms with Gasteiger partial charge in [0.25, 0.3) is 5.91 Å². The third-order valence-electron chi connectivity index (χ3n) is 3.83. The standard InChI is InChI=1S/C16H16BrN3O3/c17-13-3-4-14(18-8-13)19-15(21)11-2-1-6-20(9-11)16(22)12-5-7-23-10-12/h3-5,7-8,10-11H,1-2,6,9H2,(H,18,19,21). The summed E-state index contributed by atoms with van der Waals surface area (Å²) in [6, 6.07) is 5.19. The molecule has 1 N–H and O–H groups in total. The van der Waals surface area contributed by atoms with Gasteiger partial charge in [0.1, 0.15) is 12.1 Å². The highest BCUT2D eigenvalue weighted by atomic mass is 79.9. The molecule has 0 aromatic carbocycles. The molecule has 1 aliphatic heterocycles. The fourth-order valence-corrected chi connectivity index (χ4v) is 2.86. The number of rotatable bonds is 3. The molecule has 6 nitrogen and oxygen atoms in total. The van der Waals surface area contributed by atoms with Crippen LogP contribution < -0.4 is 5.32 Å². The second-order valence-electron chi connectivity index (χ2n) is 5.45. The Morgan fingerprint density at radius 2 is 2.22 bits per heavy atom. The van der Waals surface area contributed by atoms with Crippen molar-refractivity contribution in [3.63, 3.8) is 0 Å². The maximum Gasteiger partial charge on any atom is 0.257 e. The number of anilines is 1. The summed E-state index contributed by atoms with van der Waals surface area (Å²) in [6.07, 6.45) is 6.09. The molecule has 120 valence electrons. The first-order valence-corrected chi connectivity index (χ1v) is 8.16. The molecule has 0 spiro atoms. The molecular weight excluding hydrogens is 362 g/mol. The van der Waals surface area contributed by atoms with Crippen LogP contribution in [0.1, 0.15) is 23.2 Å². The average molecular weight is 378 g/mol. The van der Waals surface area contributed by atoms with Crippen molar-refractivity contribution in [2.24, 2.45) is 5.92 Å². The van der Waals surface area contributed by atoms with E-state index in [2.05, 4.69) is 26.2 Å². The van der Waals surface area contributed by atoms with Gasteiger partial charge in [-0.2, -0.15) is 0 Å². The molecule has 2 amide bonds. The molecule has 1 saturated heterocycles. The lowest BCUT2D eigenvalue weighted by molar-refractivity contribution is -0.121. The van der Waals surface area contributed by atoms with Crippen molar-refractivity contribution in [3.05, 3.63) is 47.0 Å². The van der Waals surface area contributed by atoms with Crippen molar-refractivity contribution in [1.29, 1.82) is 0 Å².